The van der Waals surface area contributed by atoms with Gasteiger partial charge in [0.25, 0.3) is 0 Å². The highest BCUT2D eigenvalue weighted by atomic mass is 16.5. The second kappa shape index (κ2) is 4.51. The van der Waals surface area contributed by atoms with Crippen LogP contribution in [-0.4, -0.2) is 40.6 Å². The van der Waals surface area contributed by atoms with E-state index < -0.39 is 17.9 Å². The predicted molar refractivity (Wildman–Crippen MR) is 72.9 cm³/mol. The molecule has 0 unspecified atom stereocenters. The van der Waals surface area contributed by atoms with Crippen molar-refractivity contribution in [1.29, 1.82) is 0 Å². The number of imide groups is 1. The summed E-state index contributed by atoms with van der Waals surface area (Å²) in [5, 5.41) is 10.2. The Morgan fingerprint density at radius 2 is 1.62 bits per heavy atom. The molecule has 5 heteroatoms. The molecule has 3 aliphatic heterocycles. The molecule has 0 saturated carbocycles. The number of likely N-dealkylation sites (tertiary alicyclic amines) is 1. The van der Waals surface area contributed by atoms with Crippen LogP contribution in [0.2, 0.25) is 0 Å². The standard InChI is InChI=1S/C16H15NO4/c18-10(9-4-2-1-3-5-9)8-17-15(19)13-11-6-7-12(21-11)14(13)16(17)20/h1-7,10-14,18H,8H2/t10-,11-,12-,13-,14+/m1/s1. The Balaban J connectivity index is 1.55. The molecular weight excluding hydrogens is 270 g/mol. The molecule has 2 amide bonds. The summed E-state index contributed by atoms with van der Waals surface area (Å²) < 4.78 is 5.58. The van der Waals surface area contributed by atoms with Crippen LogP contribution in [0.4, 0.5) is 0 Å². The highest BCUT2D eigenvalue weighted by Gasteiger charge is 2.60. The molecule has 2 saturated heterocycles. The van der Waals surface area contributed by atoms with Gasteiger partial charge >= 0.3 is 0 Å². The van der Waals surface area contributed by atoms with Gasteiger partial charge in [-0.1, -0.05) is 42.5 Å². The van der Waals surface area contributed by atoms with E-state index in [9.17, 15) is 14.7 Å². The smallest absolute Gasteiger partial charge is 0.236 e. The van der Waals surface area contributed by atoms with E-state index in [0.717, 1.165) is 0 Å². The minimum Gasteiger partial charge on any atom is -0.387 e. The van der Waals surface area contributed by atoms with Gasteiger partial charge in [0.2, 0.25) is 11.8 Å². The SMILES string of the molecule is O=C1[C@@H]2[C@H](C(=O)N1C[C@@H](O)c1ccccc1)[C@H]1C=C[C@H]2O1. The Morgan fingerprint density at radius 1 is 1.05 bits per heavy atom. The van der Waals surface area contributed by atoms with Gasteiger partial charge in [0.1, 0.15) is 0 Å². The number of aliphatic hydroxyl groups excluding tert-OH is 1. The average Bonchev–Trinajstić information content (AvgIpc) is 3.18. The zero-order valence-electron chi connectivity index (χ0n) is 11.3. The van der Waals surface area contributed by atoms with Crippen molar-refractivity contribution in [3.05, 3.63) is 48.0 Å². The molecule has 0 aromatic heterocycles. The molecule has 5 nitrogen and oxygen atoms in total. The molecule has 5 atom stereocenters. The van der Waals surface area contributed by atoms with E-state index in [4.69, 9.17) is 4.74 Å². The van der Waals surface area contributed by atoms with Crippen LogP contribution < -0.4 is 0 Å². The minimum absolute atomic E-state index is 0.00806. The Labute approximate surface area is 121 Å². The highest BCUT2D eigenvalue weighted by Crippen LogP contribution is 2.45. The van der Waals surface area contributed by atoms with E-state index in [2.05, 4.69) is 0 Å². The first-order chi connectivity index (χ1) is 10.2. The first kappa shape index (κ1) is 12.7. The van der Waals surface area contributed by atoms with E-state index in [0.29, 0.717) is 5.56 Å². The van der Waals surface area contributed by atoms with Gasteiger partial charge in [-0.05, 0) is 5.56 Å². The number of rotatable bonds is 3. The summed E-state index contributed by atoms with van der Waals surface area (Å²) in [4.78, 5) is 26.1. The highest BCUT2D eigenvalue weighted by molar-refractivity contribution is 6.06. The van der Waals surface area contributed by atoms with Crippen molar-refractivity contribution in [2.45, 2.75) is 18.3 Å². The van der Waals surface area contributed by atoms with E-state index in [1.165, 1.54) is 4.90 Å². The first-order valence-electron chi connectivity index (χ1n) is 7.09. The lowest BCUT2D eigenvalue weighted by Crippen LogP contribution is -2.37. The van der Waals surface area contributed by atoms with Crippen LogP contribution in [-0.2, 0) is 14.3 Å². The van der Waals surface area contributed by atoms with Crippen LogP contribution in [0.15, 0.2) is 42.5 Å². The second-order valence-electron chi connectivity index (χ2n) is 5.72. The summed E-state index contributed by atoms with van der Waals surface area (Å²) in [5.74, 6) is -1.26. The lowest BCUT2D eigenvalue weighted by Gasteiger charge is -2.21. The van der Waals surface area contributed by atoms with Crippen molar-refractivity contribution in [2.24, 2.45) is 11.8 Å². The Kier molecular flexibility index (Phi) is 2.74. The second-order valence-corrected chi connectivity index (χ2v) is 5.72. The van der Waals surface area contributed by atoms with Gasteiger partial charge < -0.3 is 9.84 Å². The number of β-amino-alcohol motifs (C(OH)–C–C–N with tert-alkyl or cyclic N) is 1. The van der Waals surface area contributed by atoms with Crippen molar-refractivity contribution in [1.82, 2.24) is 4.90 Å². The fourth-order valence-electron chi connectivity index (χ4n) is 3.50. The zero-order valence-corrected chi connectivity index (χ0v) is 11.3. The van der Waals surface area contributed by atoms with Gasteiger partial charge in [-0.2, -0.15) is 0 Å². The fraction of sp³-hybridized carbons (Fsp3) is 0.375. The molecular formula is C16H15NO4. The third-order valence-electron chi connectivity index (χ3n) is 4.54. The fourth-order valence-corrected chi connectivity index (χ4v) is 3.50. The van der Waals surface area contributed by atoms with Gasteiger partial charge in [-0.15, -0.1) is 0 Å². The van der Waals surface area contributed by atoms with Crippen LogP contribution in [0.1, 0.15) is 11.7 Å². The molecule has 1 aromatic rings. The molecule has 3 heterocycles. The van der Waals surface area contributed by atoms with E-state index >= 15 is 0 Å². The van der Waals surface area contributed by atoms with Gasteiger partial charge in [-0.25, -0.2) is 0 Å². The van der Waals surface area contributed by atoms with Crippen molar-refractivity contribution in [2.75, 3.05) is 6.54 Å². The molecule has 0 spiro atoms. The van der Waals surface area contributed by atoms with Gasteiger partial charge in [0.05, 0.1) is 36.7 Å². The van der Waals surface area contributed by atoms with Crippen molar-refractivity contribution in [3.63, 3.8) is 0 Å². The molecule has 3 aliphatic rings. The predicted octanol–water partition coefficient (Wildman–Crippen LogP) is 0.658. The normalized spacial score (nSPS) is 34.6. The van der Waals surface area contributed by atoms with E-state index in [1.807, 2.05) is 30.4 Å². The topological polar surface area (TPSA) is 66.8 Å². The monoisotopic (exact) mass is 285 g/mol. The lowest BCUT2D eigenvalue weighted by molar-refractivity contribution is -0.144. The minimum atomic E-state index is -0.857. The molecule has 2 bridgehead atoms. The number of carbonyl (C=O) groups is 2. The molecule has 1 N–H and O–H groups in total. The number of aliphatic hydroxyl groups is 1. The Bertz CT molecular complexity index is 596. The largest absolute Gasteiger partial charge is 0.387 e. The molecule has 2 fully saturated rings. The maximum atomic E-state index is 12.4. The summed E-state index contributed by atoms with van der Waals surface area (Å²) in [5.41, 5.74) is 0.701. The summed E-state index contributed by atoms with van der Waals surface area (Å²) in [6.07, 6.45) is 2.29. The van der Waals surface area contributed by atoms with Gasteiger partial charge in [-0.3, -0.25) is 14.5 Å². The van der Waals surface area contributed by atoms with Crippen LogP contribution in [0, 0.1) is 11.8 Å². The maximum absolute atomic E-state index is 12.4. The van der Waals surface area contributed by atoms with Crippen molar-refractivity contribution < 1.29 is 19.4 Å². The van der Waals surface area contributed by atoms with Crippen LogP contribution in [0.3, 0.4) is 0 Å². The molecule has 21 heavy (non-hydrogen) atoms. The summed E-state index contributed by atoms with van der Waals surface area (Å²) in [6, 6.07) is 9.06. The molecule has 1 aromatic carbocycles. The summed E-state index contributed by atoms with van der Waals surface area (Å²) in [7, 11) is 0. The molecule has 0 aliphatic carbocycles. The van der Waals surface area contributed by atoms with Crippen LogP contribution >= 0.6 is 0 Å². The quantitative estimate of drug-likeness (QED) is 0.654. The number of hydrogen-bond donors (Lipinski definition) is 1. The summed E-state index contributed by atoms with van der Waals surface area (Å²) in [6.45, 7) is 0.00806. The summed E-state index contributed by atoms with van der Waals surface area (Å²) >= 11 is 0. The van der Waals surface area contributed by atoms with E-state index in [1.54, 1.807) is 12.1 Å². The number of amides is 2. The number of hydrogen-bond acceptors (Lipinski definition) is 4. The van der Waals surface area contributed by atoms with E-state index in [-0.39, 0.29) is 30.6 Å². The average molecular weight is 285 g/mol. The number of ether oxygens (including phenoxy) is 1. The molecule has 0 radical (unpaired) electrons. The van der Waals surface area contributed by atoms with Crippen LogP contribution in [0.5, 0.6) is 0 Å². The number of fused-ring (bicyclic) bond motifs is 5. The van der Waals surface area contributed by atoms with Crippen molar-refractivity contribution in [3.8, 4) is 0 Å². The van der Waals surface area contributed by atoms with Gasteiger partial charge in [0.15, 0.2) is 0 Å². The first-order valence-corrected chi connectivity index (χ1v) is 7.09. The number of nitrogens with zero attached hydrogens (tertiary/aromatic N) is 1. The lowest BCUT2D eigenvalue weighted by atomic mass is 9.85. The van der Waals surface area contributed by atoms with Gasteiger partial charge in [0, 0.05) is 0 Å². The molecule has 4 rings (SSSR count). The van der Waals surface area contributed by atoms with Crippen LogP contribution in [0.25, 0.3) is 0 Å². The third kappa shape index (κ3) is 1.78. The zero-order chi connectivity index (χ0) is 14.6. The molecule has 108 valence electrons. The third-order valence-corrected chi connectivity index (χ3v) is 4.54. The Morgan fingerprint density at radius 3 is 2.19 bits per heavy atom. The number of carbonyl (C=O) groups excluding carboxylic acids is 2. The number of benzene rings is 1. The van der Waals surface area contributed by atoms with Crippen molar-refractivity contribution >= 4 is 11.8 Å². The Hall–Kier alpha value is -1.98. The maximum Gasteiger partial charge on any atom is 0.236 e.